The summed E-state index contributed by atoms with van der Waals surface area (Å²) in [6, 6.07) is 0. The third-order valence-corrected chi connectivity index (χ3v) is 3.46. The fourth-order valence-corrected chi connectivity index (χ4v) is 2.55. The summed E-state index contributed by atoms with van der Waals surface area (Å²) in [6.45, 7) is 0. The molecule has 1 nitrogen and oxygen atoms in total. The van der Waals surface area contributed by atoms with Crippen LogP contribution in [-0.4, -0.2) is 23.6 Å². The molecule has 1 aliphatic rings. The topological polar surface area (TPSA) is 20.2 Å². The van der Waals surface area contributed by atoms with Crippen LogP contribution in [0.3, 0.4) is 0 Å². The molecule has 18 heavy (non-hydrogen) atoms. The first-order chi connectivity index (χ1) is 8.11. The van der Waals surface area contributed by atoms with Crippen LogP contribution < -0.4 is 0 Å². The molecule has 0 spiro atoms. The van der Waals surface area contributed by atoms with Gasteiger partial charge < -0.3 is 5.11 Å². The van der Waals surface area contributed by atoms with Gasteiger partial charge >= 0.3 is 12.4 Å². The summed E-state index contributed by atoms with van der Waals surface area (Å²) in [4.78, 5) is 0. The van der Waals surface area contributed by atoms with Crippen molar-refractivity contribution in [3.05, 3.63) is 0 Å². The van der Waals surface area contributed by atoms with Gasteiger partial charge in [0.05, 0.1) is 12.0 Å². The normalized spacial score (nSPS) is 28.2. The highest BCUT2D eigenvalue weighted by Gasteiger charge is 2.47. The van der Waals surface area contributed by atoms with Crippen LogP contribution in [0.4, 0.5) is 26.3 Å². The molecule has 0 aromatic carbocycles. The summed E-state index contributed by atoms with van der Waals surface area (Å²) >= 11 is 0. The van der Waals surface area contributed by atoms with Crippen molar-refractivity contribution in [3.63, 3.8) is 0 Å². The molecule has 1 N–H and O–H groups in total. The Morgan fingerprint density at radius 2 is 1.56 bits per heavy atom. The molecule has 0 aromatic rings. The molecule has 1 saturated carbocycles. The van der Waals surface area contributed by atoms with E-state index in [4.69, 9.17) is 0 Å². The molecule has 7 heteroatoms. The first-order valence-electron chi connectivity index (χ1n) is 5.93. The highest BCUT2D eigenvalue weighted by molar-refractivity contribution is 4.85. The lowest BCUT2D eigenvalue weighted by atomic mass is 9.75. The molecule has 0 heterocycles. The zero-order chi connectivity index (χ0) is 14.0. The van der Waals surface area contributed by atoms with Crippen molar-refractivity contribution >= 4 is 0 Å². The molecule has 1 fully saturated rings. The minimum absolute atomic E-state index is 0.1000. The Labute approximate surface area is 101 Å². The second-order valence-corrected chi connectivity index (χ2v) is 4.82. The molecule has 0 bridgehead atoms. The van der Waals surface area contributed by atoms with Crippen LogP contribution >= 0.6 is 0 Å². The third kappa shape index (κ3) is 4.66. The average molecular weight is 278 g/mol. The van der Waals surface area contributed by atoms with Gasteiger partial charge in [-0.15, -0.1) is 0 Å². The first-order valence-corrected chi connectivity index (χ1v) is 5.93. The van der Waals surface area contributed by atoms with Crippen LogP contribution in [0.15, 0.2) is 0 Å². The Kier molecular flexibility index (Phi) is 4.91. The highest BCUT2D eigenvalue weighted by atomic mass is 19.4. The smallest absolute Gasteiger partial charge is 0.392 e. The molecule has 1 rings (SSSR count). The van der Waals surface area contributed by atoms with Crippen molar-refractivity contribution in [1.82, 2.24) is 0 Å². The average Bonchev–Trinajstić information content (AvgIpc) is 2.24. The summed E-state index contributed by atoms with van der Waals surface area (Å²) in [5, 5.41) is 9.57. The molecule has 0 radical (unpaired) electrons. The maximum atomic E-state index is 12.7. The Morgan fingerprint density at radius 1 is 1.00 bits per heavy atom. The summed E-state index contributed by atoms with van der Waals surface area (Å²) in [5.41, 5.74) is 0. The van der Waals surface area contributed by atoms with Crippen molar-refractivity contribution in [2.75, 3.05) is 0 Å². The molecule has 108 valence electrons. The Bertz CT molecular complexity index is 259. The van der Waals surface area contributed by atoms with Gasteiger partial charge in [-0.3, -0.25) is 0 Å². The van der Waals surface area contributed by atoms with E-state index in [1.54, 1.807) is 0 Å². The van der Waals surface area contributed by atoms with Crippen LogP contribution in [0.25, 0.3) is 0 Å². The van der Waals surface area contributed by atoms with E-state index in [1.165, 1.54) is 0 Å². The van der Waals surface area contributed by atoms with Gasteiger partial charge in [0.2, 0.25) is 0 Å². The van der Waals surface area contributed by atoms with Crippen molar-refractivity contribution in [3.8, 4) is 0 Å². The SMILES string of the molecule is OC(CCC(F)(F)F)C1CCCCC1C(F)(F)F. The predicted molar refractivity (Wildman–Crippen MR) is 52.8 cm³/mol. The standard InChI is InChI=1S/C11H16F6O/c12-10(13,14)6-5-9(18)7-3-1-2-4-8(7)11(15,16)17/h7-9,18H,1-6H2. The largest absolute Gasteiger partial charge is 0.393 e. The van der Waals surface area contributed by atoms with Crippen molar-refractivity contribution in [2.45, 2.75) is 57.0 Å². The van der Waals surface area contributed by atoms with Crippen LogP contribution in [-0.2, 0) is 0 Å². The molecule has 0 saturated heterocycles. The number of hydrogen-bond acceptors (Lipinski definition) is 1. The number of aliphatic hydroxyl groups excluding tert-OH is 1. The third-order valence-electron chi connectivity index (χ3n) is 3.46. The Balaban J connectivity index is 2.60. The monoisotopic (exact) mass is 278 g/mol. The van der Waals surface area contributed by atoms with E-state index in [-0.39, 0.29) is 12.8 Å². The van der Waals surface area contributed by atoms with Gasteiger partial charge in [0.1, 0.15) is 0 Å². The zero-order valence-electron chi connectivity index (χ0n) is 9.69. The van der Waals surface area contributed by atoms with E-state index >= 15 is 0 Å². The summed E-state index contributed by atoms with van der Waals surface area (Å²) in [7, 11) is 0. The van der Waals surface area contributed by atoms with Crippen LogP contribution in [0.2, 0.25) is 0 Å². The second-order valence-electron chi connectivity index (χ2n) is 4.82. The number of aliphatic hydroxyl groups is 1. The van der Waals surface area contributed by atoms with Gasteiger partial charge in [0, 0.05) is 6.42 Å². The summed E-state index contributed by atoms with van der Waals surface area (Å²) in [5.74, 6) is -2.77. The number of rotatable bonds is 3. The second kappa shape index (κ2) is 5.67. The van der Waals surface area contributed by atoms with Crippen molar-refractivity contribution in [1.29, 1.82) is 0 Å². The zero-order valence-corrected chi connectivity index (χ0v) is 9.69. The van der Waals surface area contributed by atoms with Gasteiger partial charge in [-0.25, -0.2) is 0 Å². The lowest BCUT2D eigenvalue weighted by molar-refractivity contribution is -0.209. The van der Waals surface area contributed by atoms with Crippen LogP contribution in [0, 0.1) is 11.8 Å². The van der Waals surface area contributed by atoms with Crippen LogP contribution in [0.1, 0.15) is 38.5 Å². The van der Waals surface area contributed by atoms with Crippen molar-refractivity contribution in [2.24, 2.45) is 11.8 Å². The fraction of sp³-hybridized carbons (Fsp3) is 1.00. The molecular formula is C11H16F6O. The van der Waals surface area contributed by atoms with Crippen LogP contribution in [0.5, 0.6) is 0 Å². The molecule has 0 aromatic heterocycles. The van der Waals surface area contributed by atoms with Gasteiger partial charge in [0.15, 0.2) is 0 Å². The molecule has 1 aliphatic carbocycles. The predicted octanol–water partition coefficient (Wildman–Crippen LogP) is 4.06. The molecule has 3 unspecified atom stereocenters. The summed E-state index contributed by atoms with van der Waals surface area (Å²) < 4.78 is 74.0. The van der Waals surface area contributed by atoms with E-state index in [9.17, 15) is 31.4 Å². The maximum absolute atomic E-state index is 12.7. The minimum Gasteiger partial charge on any atom is -0.393 e. The number of halogens is 6. The van der Waals surface area contributed by atoms with Gasteiger partial charge in [-0.1, -0.05) is 12.8 Å². The lowest BCUT2D eigenvalue weighted by Crippen LogP contribution is -2.39. The molecular weight excluding hydrogens is 262 g/mol. The van der Waals surface area contributed by atoms with Gasteiger partial charge in [0.25, 0.3) is 0 Å². The highest BCUT2D eigenvalue weighted by Crippen LogP contribution is 2.43. The van der Waals surface area contributed by atoms with Gasteiger partial charge in [-0.05, 0) is 25.2 Å². The van der Waals surface area contributed by atoms with E-state index < -0.39 is 43.1 Å². The minimum atomic E-state index is -4.44. The van der Waals surface area contributed by atoms with Gasteiger partial charge in [-0.2, -0.15) is 26.3 Å². The van der Waals surface area contributed by atoms with E-state index in [2.05, 4.69) is 0 Å². The van der Waals surface area contributed by atoms with E-state index in [0.717, 1.165) is 0 Å². The lowest BCUT2D eigenvalue weighted by Gasteiger charge is -2.36. The quantitative estimate of drug-likeness (QED) is 0.772. The van der Waals surface area contributed by atoms with E-state index in [1.807, 2.05) is 0 Å². The fourth-order valence-electron chi connectivity index (χ4n) is 2.55. The molecule has 0 aliphatic heterocycles. The number of alkyl halides is 6. The summed E-state index contributed by atoms with van der Waals surface area (Å²) in [6.07, 6.45) is -11.3. The number of hydrogen-bond donors (Lipinski definition) is 1. The maximum Gasteiger partial charge on any atom is 0.392 e. The molecule has 0 amide bonds. The van der Waals surface area contributed by atoms with Crippen molar-refractivity contribution < 1.29 is 31.4 Å². The Morgan fingerprint density at radius 3 is 2.06 bits per heavy atom. The van der Waals surface area contributed by atoms with E-state index in [0.29, 0.717) is 12.8 Å². The first kappa shape index (κ1) is 15.6. The molecule has 3 atom stereocenters. The Hall–Kier alpha value is -0.460.